The summed E-state index contributed by atoms with van der Waals surface area (Å²) >= 11 is 6.75. The predicted octanol–water partition coefficient (Wildman–Crippen LogP) is 4.02. The Kier molecular flexibility index (Phi) is 3.19. The van der Waals surface area contributed by atoms with Crippen molar-refractivity contribution in [2.45, 2.75) is 6.18 Å². The van der Waals surface area contributed by atoms with E-state index >= 15 is 0 Å². The monoisotopic (exact) mass is 336 g/mol. The molecule has 72 valence electrons. The van der Waals surface area contributed by atoms with Crippen LogP contribution in [0, 0.1) is 0 Å². The van der Waals surface area contributed by atoms with Crippen LogP contribution in [0.2, 0.25) is 0 Å². The highest BCUT2D eigenvalue weighted by molar-refractivity contribution is 9.13. The maximum atomic E-state index is 11.9. The number of hydrogen-bond donors (Lipinski definition) is 0. The number of rotatable bonds is 1. The summed E-state index contributed by atoms with van der Waals surface area (Å²) in [6.07, 6.45) is -4.80. The van der Waals surface area contributed by atoms with Gasteiger partial charge in [0.05, 0.1) is 8.66 Å². The van der Waals surface area contributed by atoms with Gasteiger partial charge in [0, 0.05) is 4.47 Å². The molecule has 1 rings (SSSR count). The molecule has 0 N–H and O–H groups in total. The van der Waals surface area contributed by atoms with E-state index in [1.54, 1.807) is 0 Å². The van der Waals surface area contributed by atoms with Gasteiger partial charge >= 0.3 is 6.18 Å². The molecule has 1 heterocycles. The molecule has 0 saturated carbocycles. The van der Waals surface area contributed by atoms with Gasteiger partial charge in [0.15, 0.2) is 0 Å². The molecule has 0 amide bonds. The molecule has 13 heavy (non-hydrogen) atoms. The molecule has 0 aliphatic carbocycles. The van der Waals surface area contributed by atoms with Gasteiger partial charge in [-0.15, -0.1) is 11.3 Å². The van der Waals surface area contributed by atoms with Crippen molar-refractivity contribution in [3.05, 3.63) is 19.2 Å². The summed E-state index contributed by atoms with van der Waals surface area (Å²) < 4.78 is 36.6. The van der Waals surface area contributed by atoms with Gasteiger partial charge in [0.2, 0.25) is 0 Å². The standard InChI is InChI=1S/C6HBr2F3OS/c7-2-1-3(13-5(2)8)4(12)6(9,10)11/h1H. The Morgan fingerprint density at radius 3 is 2.23 bits per heavy atom. The van der Waals surface area contributed by atoms with Gasteiger partial charge in [-0.1, -0.05) is 0 Å². The van der Waals surface area contributed by atoms with Gasteiger partial charge in [0.25, 0.3) is 5.78 Å². The molecule has 0 aromatic carbocycles. The Labute approximate surface area is 92.2 Å². The number of carbonyl (C=O) groups excluding carboxylic acids is 1. The summed E-state index contributed by atoms with van der Waals surface area (Å²) in [6, 6.07) is 1.14. The van der Waals surface area contributed by atoms with Crippen LogP contribution in [0.4, 0.5) is 13.2 Å². The lowest BCUT2D eigenvalue weighted by molar-refractivity contribution is -0.0882. The molecule has 0 bridgehead atoms. The number of hydrogen-bond acceptors (Lipinski definition) is 2. The first-order valence-electron chi connectivity index (χ1n) is 2.88. The van der Waals surface area contributed by atoms with Crippen molar-refractivity contribution in [3.8, 4) is 0 Å². The highest BCUT2D eigenvalue weighted by atomic mass is 79.9. The van der Waals surface area contributed by atoms with Crippen molar-refractivity contribution < 1.29 is 18.0 Å². The normalized spacial score (nSPS) is 11.8. The van der Waals surface area contributed by atoms with Crippen molar-refractivity contribution in [1.29, 1.82) is 0 Å². The van der Waals surface area contributed by atoms with Gasteiger partial charge in [-0.05, 0) is 37.9 Å². The Bertz CT molecular complexity index is 325. The van der Waals surface area contributed by atoms with Crippen LogP contribution in [-0.2, 0) is 0 Å². The lowest BCUT2D eigenvalue weighted by Crippen LogP contribution is -2.21. The van der Waals surface area contributed by atoms with E-state index in [1.165, 1.54) is 0 Å². The quantitative estimate of drug-likeness (QED) is 0.707. The second-order valence-corrected chi connectivity index (χ2v) is 5.28. The van der Waals surface area contributed by atoms with Gasteiger partial charge in [-0.25, -0.2) is 0 Å². The summed E-state index contributed by atoms with van der Waals surface area (Å²) in [6.45, 7) is 0. The van der Waals surface area contributed by atoms with E-state index in [9.17, 15) is 18.0 Å². The number of alkyl halides is 3. The molecule has 0 spiro atoms. The lowest BCUT2D eigenvalue weighted by atomic mass is 10.3. The zero-order chi connectivity index (χ0) is 10.2. The van der Waals surface area contributed by atoms with Gasteiger partial charge < -0.3 is 0 Å². The summed E-state index contributed by atoms with van der Waals surface area (Å²) in [4.78, 5) is 10.3. The van der Waals surface area contributed by atoms with Crippen molar-refractivity contribution in [2.75, 3.05) is 0 Å². The van der Waals surface area contributed by atoms with Crippen molar-refractivity contribution >= 4 is 49.0 Å². The maximum absolute atomic E-state index is 11.9. The molecule has 0 unspecified atom stereocenters. The Balaban J connectivity index is 3.03. The van der Waals surface area contributed by atoms with Crippen LogP contribution >= 0.6 is 43.2 Å². The van der Waals surface area contributed by atoms with E-state index in [0.717, 1.165) is 17.4 Å². The van der Waals surface area contributed by atoms with E-state index in [2.05, 4.69) is 31.9 Å². The average molecular weight is 338 g/mol. The Morgan fingerprint density at radius 2 is 1.92 bits per heavy atom. The first-order chi connectivity index (χ1) is 5.82. The molecule has 0 atom stereocenters. The molecule has 0 aliphatic heterocycles. The van der Waals surface area contributed by atoms with Crippen LogP contribution in [0.3, 0.4) is 0 Å². The predicted molar refractivity (Wildman–Crippen MR) is 50.1 cm³/mol. The highest BCUT2D eigenvalue weighted by Crippen LogP contribution is 2.35. The molecule has 7 heteroatoms. The molecular weight excluding hydrogens is 337 g/mol. The third-order valence-corrected chi connectivity index (χ3v) is 4.38. The summed E-state index contributed by atoms with van der Waals surface area (Å²) in [5.74, 6) is -1.82. The van der Waals surface area contributed by atoms with Crippen LogP contribution < -0.4 is 0 Å². The summed E-state index contributed by atoms with van der Waals surface area (Å²) in [5.41, 5.74) is 0. The SMILES string of the molecule is O=C(c1cc(Br)c(Br)s1)C(F)(F)F. The lowest BCUT2D eigenvalue weighted by Gasteiger charge is -2.00. The van der Waals surface area contributed by atoms with Crippen LogP contribution in [0.25, 0.3) is 0 Å². The van der Waals surface area contributed by atoms with E-state index in [1.807, 2.05) is 0 Å². The van der Waals surface area contributed by atoms with Crippen molar-refractivity contribution in [3.63, 3.8) is 0 Å². The van der Waals surface area contributed by atoms with Crippen molar-refractivity contribution in [2.24, 2.45) is 0 Å². The summed E-state index contributed by atoms with van der Waals surface area (Å²) in [7, 11) is 0. The fourth-order valence-corrected chi connectivity index (χ4v) is 2.59. The largest absolute Gasteiger partial charge is 0.455 e. The summed E-state index contributed by atoms with van der Waals surface area (Å²) in [5, 5.41) is 0. The maximum Gasteiger partial charge on any atom is 0.455 e. The number of thiophene rings is 1. The topological polar surface area (TPSA) is 17.1 Å². The second kappa shape index (κ2) is 3.70. The number of carbonyl (C=O) groups is 1. The first kappa shape index (κ1) is 11.2. The third kappa shape index (κ3) is 2.54. The smallest absolute Gasteiger partial charge is 0.283 e. The minimum Gasteiger partial charge on any atom is -0.283 e. The number of Topliss-reactive ketones (excluding diaryl/α,β-unsaturated/α-hetero) is 1. The van der Waals surface area contributed by atoms with Crippen molar-refractivity contribution in [1.82, 2.24) is 0 Å². The third-order valence-electron chi connectivity index (χ3n) is 1.13. The molecule has 0 radical (unpaired) electrons. The minimum atomic E-state index is -4.80. The molecule has 0 fully saturated rings. The molecule has 1 nitrogen and oxygen atoms in total. The van der Waals surface area contributed by atoms with Gasteiger partial charge in [0.1, 0.15) is 0 Å². The zero-order valence-corrected chi connectivity index (χ0v) is 9.77. The van der Waals surface area contributed by atoms with Gasteiger partial charge in [-0.3, -0.25) is 4.79 Å². The number of halogens is 5. The minimum absolute atomic E-state index is 0.328. The van der Waals surface area contributed by atoms with Crippen LogP contribution in [0.15, 0.2) is 14.3 Å². The average Bonchev–Trinajstić information content (AvgIpc) is 2.29. The van der Waals surface area contributed by atoms with Crippen LogP contribution in [0.5, 0.6) is 0 Å². The Morgan fingerprint density at radius 1 is 1.38 bits per heavy atom. The molecule has 1 aromatic heterocycles. The highest BCUT2D eigenvalue weighted by Gasteiger charge is 2.40. The Hall–Kier alpha value is 0.120. The molecule has 0 aliphatic rings. The van der Waals surface area contributed by atoms with E-state index in [-0.39, 0.29) is 4.88 Å². The van der Waals surface area contributed by atoms with E-state index in [4.69, 9.17) is 0 Å². The van der Waals surface area contributed by atoms with E-state index in [0.29, 0.717) is 8.26 Å². The van der Waals surface area contributed by atoms with Crippen LogP contribution in [-0.4, -0.2) is 12.0 Å². The number of ketones is 1. The fourth-order valence-electron chi connectivity index (χ4n) is 0.598. The van der Waals surface area contributed by atoms with Crippen LogP contribution in [0.1, 0.15) is 9.67 Å². The molecule has 0 saturated heterocycles. The van der Waals surface area contributed by atoms with E-state index < -0.39 is 12.0 Å². The fraction of sp³-hybridized carbons (Fsp3) is 0.167. The first-order valence-corrected chi connectivity index (χ1v) is 5.29. The molecular formula is C6HBr2F3OS. The second-order valence-electron chi connectivity index (χ2n) is 2.06. The molecule has 1 aromatic rings. The zero-order valence-electron chi connectivity index (χ0n) is 5.78. The van der Waals surface area contributed by atoms with Gasteiger partial charge in [-0.2, -0.15) is 13.2 Å².